The summed E-state index contributed by atoms with van der Waals surface area (Å²) in [7, 11) is 0. The van der Waals surface area contributed by atoms with E-state index < -0.39 is 0 Å². The fraction of sp³-hybridized carbons (Fsp3) is 0.667. The maximum atomic E-state index is 8.82. The number of rotatable bonds is 4. The minimum absolute atomic E-state index is 0.304. The van der Waals surface area contributed by atoms with Crippen molar-refractivity contribution in [3.05, 3.63) is 29.8 Å². The molecule has 3 heteroatoms. The summed E-state index contributed by atoms with van der Waals surface area (Å²) in [5.74, 6) is 0. The smallest absolute Gasteiger partial charge is 0.0443 e. The lowest BCUT2D eigenvalue weighted by molar-refractivity contribution is 0.216. The maximum absolute atomic E-state index is 8.82. The van der Waals surface area contributed by atoms with Gasteiger partial charge in [0.2, 0.25) is 0 Å². The molecule has 0 unspecified atom stereocenters. The topological polar surface area (TPSA) is 26.7 Å². The van der Waals surface area contributed by atoms with Crippen LogP contribution in [0.4, 0.5) is 5.69 Å². The Labute approximate surface area is 131 Å². The number of aliphatic hydroxyl groups is 1. The zero-order valence-electron chi connectivity index (χ0n) is 14.6. The Morgan fingerprint density at radius 2 is 1.43 bits per heavy atom. The van der Waals surface area contributed by atoms with Crippen LogP contribution >= 0.6 is 0 Å². The second kappa shape index (κ2) is 12.7. The van der Waals surface area contributed by atoms with Crippen LogP contribution in [0.15, 0.2) is 24.3 Å². The Morgan fingerprint density at radius 3 is 1.90 bits per heavy atom. The highest BCUT2D eigenvalue weighted by atomic mass is 16.3. The monoisotopic (exact) mass is 294 g/mol. The van der Waals surface area contributed by atoms with Gasteiger partial charge in [-0.05, 0) is 25.5 Å². The zero-order valence-corrected chi connectivity index (χ0v) is 14.6. The van der Waals surface area contributed by atoms with Gasteiger partial charge in [-0.25, -0.2) is 0 Å². The Bertz CT molecular complexity index is 330. The minimum Gasteiger partial charge on any atom is -0.396 e. The molecule has 1 aromatic carbocycles. The number of hydrogen-bond donors (Lipinski definition) is 1. The van der Waals surface area contributed by atoms with Crippen molar-refractivity contribution in [2.45, 2.75) is 41.0 Å². The highest BCUT2D eigenvalue weighted by Crippen LogP contribution is 2.16. The van der Waals surface area contributed by atoms with Crippen molar-refractivity contribution >= 4 is 5.69 Å². The average molecular weight is 294 g/mol. The first-order chi connectivity index (χ1) is 10.3. The summed E-state index contributed by atoms with van der Waals surface area (Å²) < 4.78 is 0. The Morgan fingerprint density at radius 1 is 0.905 bits per heavy atom. The summed E-state index contributed by atoms with van der Waals surface area (Å²) in [6, 6.07) is 8.76. The normalized spacial score (nSPS) is 14.7. The second-order valence-corrected chi connectivity index (χ2v) is 4.74. The molecule has 0 spiro atoms. The molecule has 0 aromatic heterocycles. The third-order valence-electron chi connectivity index (χ3n) is 3.40. The van der Waals surface area contributed by atoms with Crippen molar-refractivity contribution < 1.29 is 5.11 Å². The molecular formula is C18H34N2O. The number of aliphatic hydroxyl groups excluding tert-OH is 1. The quantitative estimate of drug-likeness (QED) is 0.920. The third-order valence-corrected chi connectivity index (χ3v) is 3.40. The minimum atomic E-state index is 0.304. The van der Waals surface area contributed by atoms with E-state index in [1.54, 1.807) is 0 Å². The Balaban J connectivity index is 0.000000921. The van der Waals surface area contributed by atoms with Crippen LogP contribution in [0.1, 0.15) is 39.7 Å². The molecule has 0 aliphatic carbocycles. The lowest BCUT2D eigenvalue weighted by Crippen LogP contribution is -2.46. The summed E-state index contributed by atoms with van der Waals surface area (Å²) in [5.41, 5.74) is 2.65. The standard InChI is InChI=1S/C14H22N2O.2C2H6/c1-13-3-5-14(6-4-13)16-10-8-15(9-11-16)7-2-12-17;2*1-2/h3-6,17H,2,7-12H2,1H3;2*1-2H3. The number of aryl methyl sites for hydroxylation is 1. The lowest BCUT2D eigenvalue weighted by atomic mass is 10.2. The van der Waals surface area contributed by atoms with Crippen LogP contribution in [-0.2, 0) is 0 Å². The number of nitrogens with zero attached hydrogens (tertiary/aromatic N) is 2. The Hall–Kier alpha value is -1.06. The molecule has 1 aliphatic rings. The maximum Gasteiger partial charge on any atom is 0.0443 e. The molecule has 0 radical (unpaired) electrons. The van der Waals surface area contributed by atoms with Gasteiger partial charge in [0.1, 0.15) is 0 Å². The molecule has 1 N–H and O–H groups in total. The van der Waals surface area contributed by atoms with Crippen LogP contribution in [-0.4, -0.2) is 49.3 Å². The molecule has 0 amide bonds. The van der Waals surface area contributed by atoms with Gasteiger partial charge in [-0.1, -0.05) is 45.4 Å². The van der Waals surface area contributed by atoms with Crippen LogP contribution in [0.2, 0.25) is 0 Å². The predicted octanol–water partition coefficient (Wildman–Crippen LogP) is 3.55. The molecule has 21 heavy (non-hydrogen) atoms. The van der Waals surface area contributed by atoms with Gasteiger partial charge in [-0.3, -0.25) is 4.90 Å². The first-order valence-corrected chi connectivity index (χ1v) is 8.44. The Kier molecular flexibility index (Phi) is 12.0. The van der Waals surface area contributed by atoms with E-state index in [9.17, 15) is 0 Å². The molecule has 0 saturated carbocycles. The molecule has 1 heterocycles. The van der Waals surface area contributed by atoms with Crippen molar-refractivity contribution in [1.82, 2.24) is 4.90 Å². The molecule has 1 aromatic rings. The number of piperazine rings is 1. The summed E-state index contributed by atoms with van der Waals surface area (Å²) >= 11 is 0. The number of anilines is 1. The summed E-state index contributed by atoms with van der Waals surface area (Å²) in [5, 5.41) is 8.82. The van der Waals surface area contributed by atoms with Crippen molar-refractivity contribution in [1.29, 1.82) is 0 Å². The molecule has 0 atom stereocenters. The fourth-order valence-electron chi connectivity index (χ4n) is 2.28. The van der Waals surface area contributed by atoms with E-state index in [0.29, 0.717) is 6.61 Å². The van der Waals surface area contributed by atoms with E-state index in [-0.39, 0.29) is 0 Å². The SMILES string of the molecule is CC.CC.Cc1ccc(N2CCN(CCCO)CC2)cc1. The molecule has 1 fully saturated rings. The van der Waals surface area contributed by atoms with Crippen molar-refractivity contribution in [3.63, 3.8) is 0 Å². The van der Waals surface area contributed by atoms with E-state index in [1.165, 1.54) is 11.3 Å². The van der Waals surface area contributed by atoms with E-state index in [1.807, 2.05) is 27.7 Å². The van der Waals surface area contributed by atoms with Crippen LogP contribution in [0, 0.1) is 6.92 Å². The molecular weight excluding hydrogens is 260 g/mol. The zero-order chi connectivity index (χ0) is 16.1. The van der Waals surface area contributed by atoms with E-state index in [4.69, 9.17) is 5.11 Å². The van der Waals surface area contributed by atoms with Crippen LogP contribution < -0.4 is 4.90 Å². The van der Waals surface area contributed by atoms with Gasteiger partial charge < -0.3 is 10.0 Å². The van der Waals surface area contributed by atoms with Gasteiger partial charge in [0.25, 0.3) is 0 Å². The average Bonchev–Trinajstić information content (AvgIpc) is 2.58. The fourth-order valence-corrected chi connectivity index (χ4v) is 2.28. The third kappa shape index (κ3) is 7.49. The largest absolute Gasteiger partial charge is 0.396 e. The van der Waals surface area contributed by atoms with E-state index >= 15 is 0 Å². The number of hydrogen-bond acceptors (Lipinski definition) is 3. The second-order valence-electron chi connectivity index (χ2n) is 4.74. The summed E-state index contributed by atoms with van der Waals surface area (Å²) in [6.07, 6.45) is 0.893. The molecule has 1 aliphatic heterocycles. The van der Waals surface area contributed by atoms with Gasteiger partial charge in [0, 0.05) is 45.0 Å². The van der Waals surface area contributed by atoms with Crippen LogP contribution in [0.3, 0.4) is 0 Å². The van der Waals surface area contributed by atoms with Gasteiger partial charge in [-0.2, -0.15) is 0 Å². The highest BCUT2D eigenvalue weighted by molar-refractivity contribution is 5.47. The lowest BCUT2D eigenvalue weighted by Gasteiger charge is -2.36. The molecule has 2 rings (SSSR count). The predicted molar refractivity (Wildman–Crippen MR) is 94.2 cm³/mol. The molecule has 122 valence electrons. The van der Waals surface area contributed by atoms with Crippen molar-refractivity contribution in [3.8, 4) is 0 Å². The van der Waals surface area contributed by atoms with E-state index in [0.717, 1.165) is 39.1 Å². The van der Waals surface area contributed by atoms with Gasteiger partial charge in [0.05, 0.1) is 0 Å². The highest BCUT2D eigenvalue weighted by Gasteiger charge is 2.16. The van der Waals surface area contributed by atoms with Gasteiger partial charge in [-0.15, -0.1) is 0 Å². The first-order valence-electron chi connectivity index (χ1n) is 8.44. The van der Waals surface area contributed by atoms with Crippen molar-refractivity contribution in [2.24, 2.45) is 0 Å². The molecule has 0 bridgehead atoms. The molecule has 1 saturated heterocycles. The first kappa shape index (κ1) is 19.9. The summed E-state index contributed by atoms with van der Waals surface area (Å²) in [4.78, 5) is 4.87. The molecule has 3 nitrogen and oxygen atoms in total. The number of benzene rings is 1. The van der Waals surface area contributed by atoms with Gasteiger partial charge >= 0.3 is 0 Å². The van der Waals surface area contributed by atoms with Crippen LogP contribution in [0.25, 0.3) is 0 Å². The summed E-state index contributed by atoms with van der Waals surface area (Å²) in [6.45, 7) is 15.8. The van der Waals surface area contributed by atoms with Gasteiger partial charge in [0.15, 0.2) is 0 Å². The van der Waals surface area contributed by atoms with Crippen LogP contribution in [0.5, 0.6) is 0 Å². The van der Waals surface area contributed by atoms with E-state index in [2.05, 4.69) is 41.0 Å². The van der Waals surface area contributed by atoms with Crippen molar-refractivity contribution in [2.75, 3.05) is 44.2 Å².